The number of aromatic nitrogens is 1. The molecule has 1 saturated heterocycles. The number of halogens is 1. The number of pyridine rings is 1. The van der Waals surface area contributed by atoms with Crippen LogP contribution in [-0.2, 0) is 9.84 Å². The van der Waals surface area contributed by atoms with E-state index >= 15 is 0 Å². The summed E-state index contributed by atoms with van der Waals surface area (Å²) < 4.78 is 23.0. The summed E-state index contributed by atoms with van der Waals surface area (Å²) in [5, 5.41) is 0.269. The highest BCUT2D eigenvalue weighted by Crippen LogP contribution is 2.14. The second-order valence-electron chi connectivity index (χ2n) is 4.62. The van der Waals surface area contributed by atoms with Crippen molar-refractivity contribution in [3.05, 3.63) is 28.5 Å². The van der Waals surface area contributed by atoms with Crippen molar-refractivity contribution in [2.24, 2.45) is 0 Å². The zero-order valence-corrected chi connectivity index (χ0v) is 12.2. The van der Waals surface area contributed by atoms with Crippen LogP contribution in [0.15, 0.2) is 12.1 Å². The molecule has 0 aliphatic carbocycles. The highest BCUT2D eigenvalue weighted by Gasteiger charge is 2.23. The molecule has 1 aliphatic heterocycles. The van der Waals surface area contributed by atoms with Gasteiger partial charge in [0.2, 0.25) is 0 Å². The van der Waals surface area contributed by atoms with Crippen LogP contribution >= 0.6 is 11.6 Å². The molecule has 0 unspecified atom stereocenters. The standard InChI is InChI=1S/C12H15ClN2O3S/c1-9-7-10(8-11(13)14-9)12(16)15-3-2-5-19(17,18)6-4-15/h7-8H,2-6H2,1H3. The van der Waals surface area contributed by atoms with Crippen LogP contribution in [0.3, 0.4) is 0 Å². The zero-order chi connectivity index (χ0) is 14.0. The van der Waals surface area contributed by atoms with Gasteiger partial charge in [-0.2, -0.15) is 0 Å². The van der Waals surface area contributed by atoms with Gasteiger partial charge in [-0.15, -0.1) is 0 Å². The highest BCUT2D eigenvalue weighted by atomic mass is 35.5. The van der Waals surface area contributed by atoms with Crippen LogP contribution in [0.25, 0.3) is 0 Å². The normalized spacial score (nSPS) is 18.9. The molecule has 104 valence electrons. The average molecular weight is 303 g/mol. The van der Waals surface area contributed by atoms with Crippen molar-refractivity contribution in [3.8, 4) is 0 Å². The minimum Gasteiger partial charge on any atom is -0.338 e. The van der Waals surface area contributed by atoms with Crippen molar-refractivity contribution in [2.75, 3.05) is 24.6 Å². The second kappa shape index (κ2) is 5.46. The number of aryl methyl sites for hydroxylation is 1. The van der Waals surface area contributed by atoms with Gasteiger partial charge in [0.05, 0.1) is 11.5 Å². The Labute approximate surface area is 117 Å². The molecule has 1 fully saturated rings. The lowest BCUT2D eigenvalue weighted by molar-refractivity contribution is 0.0768. The molecule has 19 heavy (non-hydrogen) atoms. The largest absolute Gasteiger partial charge is 0.338 e. The quantitative estimate of drug-likeness (QED) is 0.734. The van der Waals surface area contributed by atoms with Gasteiger partial charge in [0.15, 0.2) is 9.84 Å². The van der Waals surface area contributed by atoms with Crippen molar-refractivity contribution in [2.45, 2.75) is 13.3 Å². The number of hydrogen-bond donors (Lipinski definition) is 0. The molecule has 0 bridgehead atoms. The molecule has 2 heterocycles. The monoisotopic (exact) mass is 302 g/mol. The molecule has 0 saturated carbocycles. The summed E-state index contributed by atoms with van der Waals surface area (Å²) in [6.07, 6.45) is 0.478. The predicted molar refractivity (Wildman–Crippen MR) is 73.2 cm³/mol. The molecular formula is C12H15ClN2O3S. The smallest absolute Gasteiger partial charge is 0.254 e. The van der Waals surface area contributed by atoms with Crippen molar-refractivity contribution in [1.29, 1.82) is 0 Å². The molecule has 0 spiro atoms. The Bertz CT molecular complexity index is 581. The third-order valence-electron chi connectivity index (χ3n) is 3.01. The summed E-state index contributed by atoms with van der Waals surface area (Å²) in [6, 6.07) is 3.17. The molecule has 0 N–H and O–H groups in total. The van der Waals surface area contributed by atoms with Crippen LogP contribution in [0.1, 0.15) is 22.5 Å². The first kappa shape index (κ1) is 14.3. The van der Waals surface area contributed by atoms with Crippen LogP contribution in [0.4, 0.5) is 0 Å². The SMILES string of the molecule is Cc1cc(C(=O)N2CCCS(=O)(=O)CC2)cc(Cl)n1. The van der Waals surface area contributed by atoms with Crippen molar-refractivity contribution in [3.63, 3.8) is 0 Å². The van der Waals surface area contributed by atoms with Crippen LogP contribution < -0.4 is 0 Å². The number of sulfone groups is 1. The predicted octanol–water partition coefficient (Wildman–Crippen LogP) is 1.30. The molecule has 2 rings (SSSR count). The van der Waals surface area contributed by atoms with E-state index in [9.17, 15) is 13.2 Å². The molecule has 1 amide bonds. The fourth-order valence-electron chi connectivity index (χ4n) is 2.08. The molecule has 0 atom stereocenters. The number of carbonyl (C=O) groups is 1. The van der Waals surface area contributed by atoms with Crippen LogP contribution in [0.2, 0.25) is 5.15 Å². The lowest BCUT2D eigenvalue weighted by Gasteiger charge is -2.19. The molecule has 1 aromatic heterocycles. The minimum absolute atomic E-state index is 0.0243. The molecule has 0 aromatic carbocycles. The maximum atomic E-state index is 12.3. The number of carbonyl (C=O) groups excluding carboxylic acids is 1. The summed E-state index contributed by atoms with van der Waals surface area (Å²) in [4.78, 5) is 17.9. The lowest BCUT2D eigenvalue weighted by atomic mass is 10.2. The third-order valence-corrected chi connectivity index (χ3v) is 4.92. The number of nitrogens with zero attached hydrogens (tertiary/aromatic N) is 2. The Balaban J connectivity index is 2.19. The Kier molecular flexibility index (Phi) is 4.10. The maximum Gasteiger partial charge on any atom is 0.254 e. The third kappa shape index (κ3) is 3.67. The van der Waals surface area contributed by atoms with Crippen molar-refractivity contribution >= 4 is 27.3 Å². The zero-order valence-electron chi connectivity index (χ0n) is 10.6. The van der Waals surface area contributed by atoms with E-state index in [4.69, 9.17) is 11.6 Å². The second-order valence-corrected chi connectivity index (χ2v) is 7.31. The Morgan fingerprint density at radius 1 is 1.32 bits per heavy atom. The molecule has 5 nitrogen and oxygen atoms in total. The molecule has 0 radical (unpaired) electrons. The summed E-state index contributed by atoms with van der Waals surface area (Å²) in [5.74, 6) is -0.0202. The summed E-state index contributed by atoms with van der Waals surface area (Å²) in [5.41, 5.74) is 1.12. The Hall–Kier alpha value is -1.14. The van der Waals surface area contributed by atoms with E-state index in [-0.39, 0.29) is 29.1 Å². The van der Waals surface area contributed by atoms with Gasteiger partial charge in [0, 0.05) is 24.3 Å². The average Bonchev–Trinajstić information content (AvgIpc) is 2.48. The van der Waals surface area contributed by atoms with Crippen molar-refractivity contribution < 1.29 is 13.2 Å². The first-order valence-electron chi connectivity index (χ1n) is 6.01. The fourth-order valence-corrected chi connectivity index (χ4v) is 3.60. The maximum absolute atomic E-state index is 12.3. The van der Waals surface area contributed by atoms with Gasteiger partial charge >= 0.3 is 0 Å². The van der Waals surface area contributed by atoms with Gasteiger partial charge < -0.3 is 4.90 Å². The number of amides is 1. The summed E-state index contributed by atoms with van der Waals surface area (Å²) in [7, 11) is -3.02. The van der Waals surface area contributed by atoms with Gasteiger partial charge in [-0.3, -0.25) is 4.79 Å². The van der Waals surface area contributed by atoms with E-state index in [1.54, 1.807) is 17.9 Å². The first-order chi connectivity index (χ1) is 8.87. The van der Waals surface area contributed by atoms with Gasteiger partial charge in [-0.05, 0) is 25.5 Å². The Morgan fingerprint density at radius 3 is 2.74 bits per heavy atom. The van der Waals surface area contributed by atoms with Gasteiger partial charge in [-0.25, -0.2) is 13.4 Å². The topological polar surface area (TPSA) is 67.3 Å². The number of hydrogen-bond acceptors (Lipinski definition) is 4. The summed E-state index contributed by atoms with van der Waals surface area (Å²) in [6.45, 7) is 2.45. The highest BCUT2D eigenvalue weighted by molar-refractivity contribution is 7.91. The van der Waals surface area contributed by atoms with E-state index in [1.165, 1.54) is 6.07 Å². The van der Waals surface area contributed by atoms with Crippen molar-refractivity contribution in [1.82, 2.24) is 9.88 Å². The van der Waals surface area contributed by atoms with E-state index < -0.39 is 9.84 Å². The fraction of sp³-hybridized carbons (Fsp3) is 0.500. The molecule has 7 heteroatoms. The Morgan fingerprint density at radius 2 is 2.05 bits per heavy atom. The summed E-state index contributed by atoms with van der Waals surface area (Å²) >= 11 is 5.83. The molecule has 1 aliphatic rings. The van der Waals surface area contributed by atoms with Gasteiger partial charge in [0.1, 0.15) is 5.15 Å². The van der Waals surface area contributed by atoms with Gasteiger partial charge in [-0.1, -0.05) is 11.6 Å². The van der Waals surface area contributed by atoms with Crippen LogP contribution in [0, 0.1) is 6.92 Å². The van der Waals surface area contributed by atoms with Crippen LogP contribution in [-0.4, -0.2) is 48.8 Å². The lowest BCUT2D eigenvalue weighted by Crippen LogP contribution is -2.33. The number of rotatable bonds is 1. The molecular weight excluding hydrogens is 288 g/mol. The molecule has 1 aromatic rings. The minimum atomic E-state index is -3.02. The van der Waals surface area contributed by atoms with Crippen LogP contribution in [0.5, 0.6) is 0 Å². The van der Waals surface area contributed by atoms with E-state index in [0.717, 1.165) is 0 Å². The van der Waals surface area contributed by atoms with E-state index in [1.807, 2.05) is 0 Å². The first-order valence-corrected chi connectivity index (χ1v) is 8.21. The van der Waals surface area contributed by atoms with Gasteiger partial charge in [0.25, 0.3) is 5.91 Å². The van der Waals surface area contributed by atoms with E-state index in [0.29, 0.717) is 24.2 Å². The van der Waals surface area contributed by atoms with E-state index in [2.05, 4.69) is 4.98 Å².